The van der Waals surface area contributed by atoms with Crippen molar-refractivity contribution in [3.05, 3.63) is 64.7 Å². The average Bonchev–Trinajstić information content (AvgIpc) is 2.55. The Kier molecular flexibility index (Phi) is 5.98. The second-order valence-electron chi connectivity index (χ2n) is 4.63. The predicted octanol–water partition coefficient (Wildman–Crippen LogP) is 3.43. The summed E-state index contributed by atoms with van der Waals surface area (Å²) in [5, 5.41) is 4.52. The van der Waals surface area contributed by atoms with Crippen LogP contribution in [0.2, 0.25) is 5.02 Å². The number of carbonyl (C=O) groups excluding carboxylic acids is 1. The molecule has 114 valence electrons. The summed E-state index contributed by atoms with van der Waals surface area (Å²) in [7, 11) is 0. The van der Waals surface area contributed by atoms with E-state index < -0.39 is 0 Å². The molecule has 0 radical (unpaired) electrons. The Morgan fingerprint density at radius 2 is 1.86 bits per heavy atom. The van der Waals surface area contributed by atoms with Gasteiger partial charge in [-0.2, -0.15) is 5.10 Å². The standard InChI is InChI=1S/C17H17ClN2O2/c1-2-13-5-9-16(10-6-13)22-12-17(21)20-19-11-14-3-7-15(18)8-4-14/h3-11H,2,12H2,1H3,(H,20,21)/b19-11-. The first kappa shape index (κ1) is 16.0. The van der Waals surface area contributed by atoms with Crippen molar-refractivity contribution in [3.8, 4) is 5.75 Å². The topological polar surface area (TPSA) is 50.7 Å². The molecule has 0 aliphatic carbocycles. The van der Waals surface area contributed by atoms with Gasteiger partial charge in [0.1, 0.15) is 5.75 Å². The van der Waals surface area contributed by atoms with Gasteiger partial charge in [0.05, 0.1) is 6.21 Å². The fourth-order valence-corrected chi connectivity index (χ4v) is 1.86. The Labute approximate surface area is 134 Å². The molecule has 0 fully saturated rings. The van der Waals surface area contributed by atoms with Crippen molar-refractivity contribution < 1.29 is 9.53 Å². The van der Waals surface area contributed by atoms with Crippen LogP contribution in [0.25, 0.3) is 0 Å². The zero-order chi connectivity index (χ0) is 15.8. The SMILES string of the molecule is CCc1ccc(OCC(=O)N/N=C\c2ccc(Cl)cc2)cc1. The summed E-state index contributed by atoms with van der Waals surface area (Å²) >= 11 is 5.78. The molecule has 1 amide bonds. The van der Waals surface area contributed by atoms with Crippen LogP contribution >= 0.6 is 11.6 Å². The third-order valence-electron chi connectivity index (χ3n) is 2.97. The number of hydrazone groups is 1. The minimum atomic E-state index is -0.315. The first-order valence-corrected chi connectivity index (χ1v) is 7.34. The fourth-order valence-electron chi connectivity index (χ4n) is 1.73. The Morgan fingerprint density at radius 1 is 1.18 bits per heavy atom. The number of hydrogen-bond acceptors (Lipinski definition) is 3. The van der Waals surface area contributed by atoms with E-state index in [9.17, 15) is 4.79 Å². The molecule has 4 nitrogen and oxygen atoms in total. The molecule has 0 atom stereocenters. The molecule has 0 aliphatic heterocycles. The van der Waals surface area contributed by atoms with Gasteiger partial charge in [-0.1, -0.05) is 42.8 Å². The van der Waals surface area contributed by atoms with E-state index in [2.05, 4.69) is 17.5 Å². The lowest BCUT2D eigenvalue weighted by Crippen LogP contribution is -2.24. The number of hydrogen-bond donors (Lipinski definition) is 1. The van der Waals surface area contributed by atoms with Crippen LogP contribution in [0.3, 0.4) is 0 Å². The van der Waals surface area contributed by atoms with E-state index in [1.807, 2.05) is 36.4 Å². The van der Waals surface area contributed by atoms with E-state index in [4.69, 9.17) is 16.3 Å². The minimum Gasteiger partial charge on any atom is -0.484 e. The molecule has 0 bridgehead atoms. The van der Waals surface area contributed by atoms with Crippen LogP contribution in [-0.2, 0) is 11.2 Å². The maximum atomic E-state index is 11.6. The normalized spacial score (nSPS) is 10.6. The van der Waals surface area contributed by atoms with Gasteiger partial charge in [-0.15, -0.1) is 0 Å². The van der Waals surface area contributed by atoms with Crippen LogP contribution in [-0.4, -0.2) is 18.7 Å². The summed E-state index contributed by atoms with van der Waals surface area (Å²) in [6.45, 7) is 2.01. The maximum absolute atomic E-state index is 11.6. The highest BCUT2D eigenvalue weighted by Crippen LogP contribution is 2.12. The molecule has 2 aromatic carbocycles. The first-order chi connectivity index (χ1) is 10.7. The van der Waals surface area contributed by atoms with Crippen LogP contribution in [0.4, 0.5) is 0 Å². The molecule has 0 unspecified atom stereocenters. The Balaban J connectivity index is 1.76. The van der Waals surface area contributed by atoms with E-state index in [1.165, 1.54) is 5.56 Å². The predicted molar refractivity (Wildman–Crippen MR) is 88.5 cm³/mol. The molecule has 5 heteroatoms. The van der Waals surface area contributed by atoms with Gasteiger partial charge in [0, 0.05) is 5.02 Å². The first-order valence-electron chi connectivity index (χ1n) is 6.96. The van der Waals surface area contributed by atoms with Crippen molar-refractivity contribution in [3.63, 3.8) is 0 Å². The summed E-state index contributed by atoms with van der Waals surface area (Å²) in [4.78, 5) is 11.6. The zero-order valence-corrected chi connectivity index (χ0v) is 13.0. The largest absolute Gasteiger partial charge is 0.484 e. The summed E-state index contributed by atoms with van der Waals surface area (Å²) in [5.74, 6) is 0.346. The molecule has 0 saturated carbocycles. The van der Waals surface area contributed by atoms with Gasteiger partial charge < -0.3 is 4.74 Å². The van der Waals surface area contributed by atoms with Crippen LogP contribution in [0.5, 0.6) is 5.75 Å². The molecule has 0 spiro atoms. The van der Waals surface area contributed by atoms with Gasteiger partial charge in [0.15, 0.2) is 6.61 Å². The molecule has 1 N–H and O–H groups in total. The molecule has 2 aromatic rings. The van der Waals surface area contributed by atoms with E-state index >= 15 is 0 Å². The average molecular weight is 317 g/mol. The highest BCUT2D eigenvalue weighted by atomic mass is 35.5. The van der Waals surface area contributed by atoms with Gasteiger partial charge in [-0.3, -0.25) is 4.79 Å². The smallest absolute Gasteiger partial charge is 0.277 e. The summed E-state index contributed by atoms with van der Waals surface area (Å²) in [5.41, 5.74) is 4.49. The van der Waals surface area contributed by atoms with E-state index in [0.717, 1.165) is 12.0 Å². The molecule has 0 aromatic heterocycles. The summed E-state index contributed by atoms with van der Waals surface area (Å²) in [6.07, 6.45) is 2.52. The van der Waals surface area contributed by atoms with Gasteiger partial charge in [0.2, 0.25) is 0 Å². The summed E-state index contributed by atoms with van der Waals surface area (Å²) < 4.78 is 5.38. The second-order valence-corrected chi connectivity index (χ2v) is 5.07. The molecule has 0 aliphatic rings. The zero-order valence-electron chi connectivity index (χ0n) is 12.3. The second kappa shape index (κ2) is 8.20. The van der Waals surface area contributed by atoms with Crippen molar-refractivity contribution in [2.75, 3.05) is 6.61 Å². The number of nitrogens with zero attached hydrogens (tertiary/aromatic N) is 1. The maximum Gasteiger partial charge on any atom is 0.277 e. The molecule has 0 heterocycles. The Morgan fingerprint density at radius 3 is 2.50 bits per heavy atom. The number of halogens is 1. The van der Waals surface area contributed by atoms with Crippen LogP contribution < -0.4 is 10.2 Å². The van der Waals surface area contributed by atoms with Gasteiger partial charge in [0.25, 0.3) is 5.91 Å². The van der Waals surface area contributed by atoms with Crippen molar-refractivity contribution >= 4 is 23.7 Å². The minimum absolute atomic E-state index is 0.0799. The van der Waals surface area contributed by atoms with Gasteiger partial charge in [-0.05, 0) is 41.8 Å². The molecule has 0 saturated heterocycles. The quantitative estimate of drug-likeness (QED) is 0.655. The molecular formula is C17H17ClN2O2. The number of benzene rings is 2. The lowest BCUT2D eigenvalue weighted by molar-refractivity contribution is -0.123. The van der Waals surface area contributed by atoms with Crippen LogP contribution in [0.1, 0.15) is 18.1 Å². The highest BCUT2D eigenvalue weighted by molar-refractivity contribution is 6.30. The monoisotopic (exact) mass is 316 g/mol. The summed E-state index contributed by atoms with van der Waals surface area (Å²) in [6, 6.07) is 14.8. The van der Waals surface area contributed by atoms with E-state index in [0.29, 0.717) is 10.8 Å². The molecule has 2 rings (SSSR count). The Hall–Kier alpha value is -2.33. The Bertz CT molecular complexity index is 637. The van der Waals surface area contributed by atoms with Crippen molar-refractivity contribution in [1.29, 1.82) is 0 Å². The third-order valence-corrected chi connectivity index (χ3v) is 3.23. The fraction of sp³-hybridized carbons (Fsp3) is 0.176. The number of rotatable bonds is 6. The van der Waals surface area contributed by atoms with Gasteiger partial charge >= 0.3 is 0 Å². The molecule has 22 heavy (non-hydrogen) atoms. The molecular weight excluding hydrogens is 300 g/mol. The van der Waals surface area contributed by atoms with Crippen molar-refractivity contribution in [2.24, 2.45) is 5.10 Å². The lowest BCUT2D eigenvalue weighted by atomic mass is 10.2. The van der Waals surface area contributed by atoms with E-state index in [1.54, 1.807) is 18.3 Å². The number of aryl methyl sites for hydroxylation is 1. The number of ether oxygens (including phenoxy) is 1. The lowest BCUT2D eigenvalue weighted by Gasteiger charge is -2.05. The van der Waals surface area contributed by atoms with Crippen LogP contribution in [0, 0.1) is 0 Å². The van der Waals surface area contributed by atoms with E-state index in [-0.39, 0.29) is 12.5 Å². The van der Waals surface area contributed by atoms with Crippen LogP contribution in [0.15, 0.2) is 53.6 Å². The number of nitrogens with one attached hydrogen (secondary N) is 1. The third kappa shape index (κ3) is 5.22. The highest BCUT2D eigenvalue weighted by Gasteiger charge is 2.01. The number of amides is 1. The van der Waals surface area contributed by atoms with Crippen molar-refractivity contribution in [2.45, 2.75) is 13.3 Å². The van der Waals surface area contributed by atoms with Gasteiger partial charge in [-0.25, -0.2) is 5.43 Å². The van der Waals surface area contributed by atoms with Crippen molar-refractivity contribution in [1.82, 2.24) is 5.43 Å². The number of carbonyl (C=O) groups is 1.